The molecule has 4 aromatic rings. The number of hydrogen-bond acceptors (Lipinski definition) is 8. The van der Waals surface area contributed by atoms with Crippen molar-refractivity contribution in [2.75, 3.05) is 6.61 Å². The molecule has 2 aromatic carbocycles. The summed E-state index contributed by atoms with van der Waals surface area (Å²) < 4.78 is 18.3. The van der Waals surface area contributed by atoms with Crippen molar-refractivity contribution in [1.29, 1.82) is 0 Å². The molecule has 1 atom stereocenters. The number of nitrogens with zero attached hydrogens (tertiary/aromatic N) is 2. The maximum atomic E-state index is 13.8. The second-order valence-electron chi connectivity index (χ2n) is 8.96. The van der Waals surface area contributed by atoms with E-state index in [2.05, 4.69) is 11.6 Å². The summed E-state index contributed by atoms with van der Waals surface area (Å²) in [7, 11) is 0. The van der Waals surface area contributed by atoms with Crippen LogP contribution in [0.1, 0.15) is 31.2 Å². The summed E-state index contributed by atoms with van der Waals surface area (Å²) in [5.74, 6) is 0.193. The summed E-state index contributed by atoms with van der Waals surface area (Å²) >= 11 is 13.5. The van der Waals surface area contributed by atoms with E-state index in [1.54, 1.807) is 67.6 Å². The van der Waals surface area contributed by atoms with Gasteiger partial charge in [0.25, 0.3) is 5.56 Å². The van der Waals surface area contributed by atoms with Crippen molar-refractivity contribution in [3.63, 3.8) is 0 Å². The van der Waals surface area contributed by atoms with E-state index < -0.39 is 18.0 Å². The number of carbonyl (C=O) groups excluding carboxylic acids is 2. The van der Waals surface area contributed by atoms with Gasteiger partial charge in [-0.25, -0.2) is 9.79 Å². The molecule has 0 unspecified atom stereocenters. The van der Waals surface area contributed by atoms with Gasteiger partial charge in [0.1, 0.15) is 23.9 Å². The van der Waals surface area contributed by atoms with Crippen LogP contribution in [0.4, 0.5) is 0 Å². The van der Waals surface area contributed by atoms with Gasteiger partial charge in [0.05, 0.1) is 26.9 Å². The van der Waals surface area contributed by atoms with Crippen molar-refractivity contribution >= 4 is 52.6 Å². The Bertz CT molecular complexity index is 1900. The summed E-state index contributed by atoms with van der Waals surface area (Å²) in [6.45, 7) is 6.58. The first kappa shape index (κ1) is 28.4. The van der Waals surface area contributed by atoms with Gasteiger partial charge in [-0.05, 0) is 55.0 Å². The number of thiazole rings is 1. The van der Waals surface area contributed by atoms with Crippen molar-refractivity contribution < 1.29 is 23.5 Å². The molecule has 3 heterocycles. The quantitative estimate of drug-likeness (QED) is 0.157. The van der Waals surface area contributed by atoms with Crippen LogP contribution >= 0.6 is 34.5 Å². The van der Waals surface area contributed by atoms with E-state index >= 15 is 0 Å². The molecule has 0 fully saturated rings. The average molecular weight is 609 g/mol. The van der Waals surface area contributed by atoms with Crippen molar-refractivity contribution in [2.45, 2.75) is 19.9 Å². The third-order valence-electron chi connectivity index (χ3n) is 6.13. The molecule has 11 heteroatoms. The van der Waals surface area contributed by atoms with Crippen LogP contribution in [-0.2, 0) is 14.3 Å². The molecule has 1 aliphatic heterocycles. The molecular formula is C30H22Cl2N2O6S. The molecule has 0 radical (unpaired) electrons. The number of aromatic nitrogens is 1. The number of benzene rings is 2. The molecule has 5 rings (SSSR count). The van der Waals surface area contributed by atoms with Crippen molar-refractivity contribution in [3.8, 4) is 17.1 Å². The van der Waals surface area contributed by atoms with Crippen molar-refractivity contribution in [3.05, 3.63) is 120 Å². The predicted molar refractivity (Wildman–Crippen MR) is 157 cm³/mol. The second-order valence-corrected chi connectivity index (χ2v) is 10.8. The number of halogens is 2. The SMILES string of the molecule is C=CCOC(=O)C1=C(C)N=c2s/c(=C\c3ccc(-c4ccc(Cl)cc4Cl)o3)c(=O)n2[C@H]1c1ccc(OC(C)=O)cc1. The molecule has 0 saturated carbocycles. The third kappa shape index (κ3) is 5.83. The highest BCUT2D eigenvalue weighted by molar-refractivity contribution is 7.07. The number of hydrogen-bond donors (Lipinski definition) is 0. The number of allylic oxidation sites excluding steroid dienone is 1. The standard InChI is InChI=1S/C30H22Cl2N2O6S/c1-4-13-38-29(37)26-16(2)33-30-34(27(26)18-5-8-20(9-6-18)39-17(3)35)28(36)25(41-30)15-21-10-12-24(40-21)22-11-7-19(31)14-23(22)32/h4-12,14-15,27H,1,13H2,2-3H3/b25-15-/t27-/m0/s1. The Morgan fingerprint density at radius 1 is 1.15 bits per heavy atom. The number of carbonyl (C=O) groups is 2. The Hall–Kier alpha value is -4.18. The fourth-order valence-electron chi connectivity index (χ4n) is 4.39. The van der Waals surface area contributed by atoms with Gasteiger partial charge in [0, 0.05) is 23.6 Å². The van der Waals surface area contributed by atoms with Gasteiger partial charge in [-0.3, -0.25) is 14.2 Å². The van der Waals surface area contributed by atoms with Crippen LogP contribution in [0.2, 0.25) is 10.0 Å². The monoisotopic (exact) mass is 608 g/mol. The van der Waals surface area contributed by atoms with Gasteiger partial charge in [-0.15, -0.1) is 0 Å². The van der Waals surface area contributed by atoms with Crippen LogP contribution in [0.15, 0.2) is 92.7 Å². The molecule has 0 saturated heterocycles. The van der Waals surface area contributed by atoms with E-state index in [1.165, 1.54) is 28.9 Å². The minimum absolute atomic E-state index is 0.00337. The maximum Gasteiger partial charge on any atom is 0.338 e. The summed E-state index contributed by atoms with van der Waals surface area (Å²) in [5.41, 5.74) is 1.52. The molecule has 208 valence electrons. The normalized spacial score (nSPS) is 14.8. The average Bonchev–Trinajstić information content (AvgIpc) is 3.50. The Morgan fingerprint density at radius 2 is 1.90 bits per heavy atom. The van der Waals surface area contributed by atoms with Crippen molar-refractivity contribution in [2.24, 2.45) is 4.99 Å². The lowest BCUT2D eigenvalue weighted by Crippen LogP contribution is -2.39. The summed E-state index contributed by atoms with van der Waals surface area (Å²) in [6.07, 6.45) is 3.08. The van der Waals surface area contributed by atoms with Crippen LogP contribution in [0.5, 0.6) is 5.75 Å². The molecule has 0 spiro atoms. The third-order valence-corrected chi connectivity index (χ3v) is 7.66. The molecule has 1 aliphatic rings. The second kappa shape index (κ2) is 11.7. The van der Waals surface area contributed by atoms with E-state index in [4.69, 9.17) is 37.1 Å². The van der Waals surface area contributed by atoms with Crippen LogP contribution in [0.3, 0.4) is 0 Å². The number of fused-ring (bicyclic) bond motifs is 1. The number of rotatable bonds is 7. The molecule has 41 heavy (non-hydrogen) atoms. The van der Waals surface area contributed by atoms with E-state index in [9.17, 15) is 14.4 Å². The smallest absolute Gasteiger partial charge is 0.338 e. The Labute approximate surface area is 248 Å². The first-order valence-electron chi connectivity index (χ1n) is 12.3. The fraction of sp³-hybridized carbons (Fsp3) is 0.133. The first-order valence-corrected chi connectivity index (χ1v) is 13.9. The highest BCUT2D eigenvalue weighted by Crippen LogP contribution is 2.33. The Balaban J connectivity index is 1.61. The lowest BCUT2D eigenvalue weighted by atomic mass is 9.96. The Morgan fingerprint density at radius 3 is 2.59 bits per heavy atom. The lowest BCUT2D eigenvalue weighted by Gasteiger charge is -2.24. The van der Waals surface area contributed by atoms with Crippen LogP contribution in [-0.4, -0.2) is 23.1 Å². The van der Waals surface area contributed by atoms with Gasteiger partial charge in [0.15, 0.2) is 4.80 Å². The zero-order valence-corrected chi connectivity index (χ0v) is 24.2. The zero-order valence-electron chi connectivity index (χ0n) is 21.9. The summed E-state index contributed by atoms with van der Waals surface area (Å²) in [4.78, 5) is 43.3. The molecule has 0 amide bonds. The summed E-state index contributed by atoms with van der Waals surface area (Å²) in [5, 5.41) is 0.939. The van der Waals surface area contributed by atoms with Gasteiger partial charge in [-0.1, -0.05) is 59.3 Å². The first-order chi connectivity index (χ1) is 19.7. The van der Waals surface area contributed by atoms with E-state index in [-0.39, 0.29) is 17.7 Å². The van der Waals surface area contributed by atoms with Gasteiger partial charge in [-0.2, -0.15) is 0 Å². The van der Waals surface area contributed by atoms with Crippen molar-refractivity contribution in [1.82, 2.24) is 4.57 Å². The summed E-state index contributed by atoms with van der Waals surface area (Å²) in [6, 6.07) is 14.3. The Kier molecular flexibility index (Phi) is 8.12. The molecule has 0 aliphatic carbocycles. The largest absolute Gasteiger partial charge is 0.458 e. The number of ether oxygens (including phenoxy) is 2. The van der Waals surface area contributed by atoms with Gasteiger partial charge < -0.3 is 13.9 Å². The molecule has 0 bridgehead atoms. The molecule has 2 aromatic heterocycles. The number of furan rings is 1. The van der Waals surface area contributed by atoms with E-state index in [0.717, 1.165) is 0 Å². The van der Waals surface area contributed by atoms with Crippen LogP contribution in [0, 0.1) is 0 Å². The van der Waals surface area contributed by atoms with Gasteiger partial charge >= 0.3 is 11.9 Å². The molecule has 8 nitrogen and oxygen atoms in total. The van der Waals surface area contributed by atoms with E-state index in [0.29, 0.717) is 53.5 Å². The number of esters is 2. The van der Waals surface area contributed by atoms with Crippen LogP contribution < -0.4 is 19.6 Å². The minimum Gasteiger partial charge on any atom is -0.458 e. The van der Waals surface area contributed by atoms with Crippen LogP contribution in [0.25, 0.3) is 17.4 Å². The maximum absolute atomic E-state index is 13.8. The zero-order chi connectivity index (χ0) is 29.3. The lowest BCUT2D eigenvalue weighted by molar-refractivity contribution is -0.138. The highest BCUT2D eigenvalue weighted by atomic mass is 35.5. The highest BCUT2D eigenvalue weighted by Gasteiger charge is 2.33. The molecular weight excluding hydrogens is 587 g/mol. The molecule has 0 N–H and O–H groups in total. The minimum atomic E-state index is -0.836. The predicted octanol–water partition coefficient (Wildman–Crippen LogP) is 5.46. The van der Waals surface area contributed by atoms with Gasteiger partial charge in [0.2, 0.25) is 0 Å². The van der Waals surface area contributed by atoms with E-state index in [1.807, 2.05) is 0 Å². The fourth-order valence-corrected chi connectivity index (χ4v) is 5.92. The topological polar surface area (TPSA) is 100 Å².